The van der Waals surface area contributed by atoms with Crippen molar-refractivity contribution >= 4 is 5.91 Å². The zero-order valence-electron chi connectivity index (χ0n) is 14.3. The van der Waals surface area contributed by atoms with Gasteiger partial charge in [0, 0.05) is 17.3 Å². The Labute approximate surface area is 142 Å². The van der Waals surface area contributed by atoms with Crippen LogP contribution in [0.3, 0.4) is 0 Å². The summed E-state index contributed by atoms with van der Waals surface area (Å²) < 4.78 is 0. The SMILES string of the molecule is CC(C)(O)CCc1cccc(C(=O)N[C@H]2CCc3[nH]ncc3C2)c1. The molecule has 3 N–H and O–H groups in total. The molecule has 5 heteroatoms. The smallest absolute Gasteiger partial charge is 0.251 e. The van der Waals surface area contributed by atoms with Gasteiger partial charge >= 0.3 is 0 Å². The number of aliphatic hydroxyl groups is 1. The van der Waals surface area contributed by atoms with Crippen LogP contribution in [0, 0.1) is 0 Å². The van der Waals surface area contributed by atoms with E-state index in [1.807, 2.05) is 30.5 Å². The maximum absolute atomic E-state index is 12.5. The van der Waals surface area contributed by atoms with Crippen molar-refractivity contribution in [2.24, 2.45) is 0 Å². The minimum Gasteiger partial charge on any atom is -0.390 e. The molecule has 0 fully saturated rings. The van der Waals surface area contributed by atoms with E-state index in [0.717, 1.165) is 31.2 Å². The van der Waals surface area contributed by atoms with Gasteiger partial charge in [0.2, 0.25) is 0 Å². The van der Waals surface area contributed by atoms with E-state index in [9.17, 15) is 9.90 Å². The van der Waals surface area contributed by atoms with Crippen LogP contribution in [0.2, 0.25) is 0 Å². The quantitative estimate of drug-likeness (QED) is 0.789. The maximum Gasteiger partial charge on any atom is 0.251 e. The Hall–Kier alpha value is -2.14. The first kappa shape index (κ1) is 16.7. The Bertz CT molecular complexity index is 715. The summed E-state index contributed by atoms with van der Waals surface area (Å²) in [7, 11) is 0. The highest BCUT2D eigenvalue weighted by molar-refractivity contribution is 5.94. The third-order valence-corrected chi connectivity index (χ3v) is 4.57. The summed E-state index contributed by atoms with van der Waals surface area (Å²) in [5.41, 5.74) is 3.45. The monoisotopic (exact) mass is 327 g/mol. The second-order valence-corrected chi connectivity index (χ2v) is 7.30. The van der Waals surface area contributed by atoms with E-state index in [4.69, 9.17) is 0 Å². The number of aromatic amines is 1. The zero-order valence-corrected chi connectivity index (χ0v) is 14.3. The van der Waals surface area contributed by atoms with Gasteiger partial charge in [0.15, 0.2) is 0 Å². The molecule has 0 radical (unpaired) electrons. The Morgan fingerprint density at radius 2 is 2.29 bits per heavy atom. The topological polar surface area (TPSA) is 78.0 Å². The molecule has 3 rings (SSSR count). The Morgan fingerprint density at radius 1 is 1.46 bits per heavy atom. The second-order valence-electron chi connectivity index (χ2n) is 7.30. The predicted octanol–water partition coefficient (Wildman–Crippen LogP) is 2.40. The first-order valence-corrected chi connectivity index (χ1v) is 8.54. The van der Waals surface area contributed by atoms with Gasteiger partial charge < -0.3 is 10.4 Å². The lowest BCUT2D eigenvalue weighted by molar-refractivity contribution is 0.0714. The number of amides is 1. The van der Waals surface area contributed by atoms with Crippen molar-refractivity contribution in [1.29, 1.82) is 0 Å². The number of hydrogen-bond acceptors (Lipinski definition) is 3. The zero-order chi connectivity index (χ0) is 17.2. The average Bonchev–Trinajstić information content (AvgIpc) is 3.00. The molecule has 24 heavy (non-hydrogen) atoms. The lowest BCUT2D eigenvalue weighted by atomic mass is 9.93. The summed E-state index contributed by atoms with van der Waals surface area (Å²) in [5, 5.41) is 20.1. The number of aryl methyl sites for hydroxylation is 2. The van der Waals surface area contributed by atoms with E-state index in [1.165, 1.54) is 11.3 Å². The van der Waals surface area contributed by atoms with Gasteiger partial charge in [0.05, 0.1) is 11.8 Å². The number of carbonyl (C=O) groups excluding carboxylic acids is 1. The van der Waals surface area contributed by atoms with Crippen molar-refractivity contribution in [2.45, 2.75) is 57.6 Å². The molecule has 5 nitrogen and oxygen atoms in total. The van der Waals surface area contributed by atoms with Crippen LogP contribution in [0.25, 0.3) is 0 Å². The molecule has 1 aromatic carbocycles. The minimum atomic E-state index is -0.692. The fraction of sp³-hybridized carbons (Fsp3) is 0.474. The van der Waals surface area contributed by atoms with Gasteiger partial charge in [0.1, 0.15) is 0 Å². The number of carbonyl (C=O) groups is 1. The molecule has 1 heterocycles. The van der Waals surface area contributed by atoms with E-state index in [2.05, 4.69) is 15.5 Å². The number of benzene rings is 1. The van der Waals surface area contributed by atoms with Crippen LogP contribution in [-0.2, 0) is 19.3 Å². The second kappa shape index (κ2) is 6.77. The fourth-order valence-corrected chi connectivity index (χ4v) is 3.13. The van der Waals surface area contributed by atoms with Crippen LogP contribution in [0.4, 0.5) is 0 Å². The fourth-order valence-electron chi connectivity index (χ4n) is 3.13. The van der Waals surface area contributed by atoms with Crippen LogP contribution in [-0.4, -0.2) is 32.9 Å². The van der Waals surface area contributed by atoms with E-state index in [1.54, 1.807) is 13.8 Å². The van der Waals surface area contributed by atoms with Gasteiger partial charge in [-0.25, -0.2) is 0 Å². The molecule has 0 unspecified atom stereocenters. The highest BCUT2D eigenvalue weighted by Gasteiger charge is 2.22. The number of nitrogens with zero attached hydrogens (tertiary/aromatic N) is 1. The molecule has 2 aromatic rings. The molecule has 0 saturated heterocycles. The number of nitrogens with one attached hydrogen (secondary N) is 2. The minimum absolute atomic E-state index is 0.0305. The van der Waals surface area contributed by atoms with Gasteiger partial charge in [-0.05, 0) is 69.2 Å². The highest BCUT2D eigenvalue weighted by atomic mass is 16.3. The molecule has 0 spiro atoms. The standard InChI is InChI=1S/C19H25N3O2/c1-19(2,24)9-8-13-4-3-5-14(10-13)18(23)21-16-6-7-17-15(11-16)12-20-22-17/h3-5,10,12,16,24H,6-9,11H2,1-2H3,(H,20,22)(H,21,23)/t16-/m0/s1. The molecule has 1 amide bonds. The summed E-state index contributed by atoms with van der Waals surface area (Å²) in [5.74, 6) is -0.0305. The first-order chi connectivity index (χ1) is 11.4. The Morgan fingerprint density at radius 3 is 3.08 bits per heavy atom. The molecule has 0 bridgehead atoms. The summed E-state index contributed by atoms with van der Waals surface area (Å²) in [4.78, 5) is 12.5. The van der Waals surface area contributed by atoms with Gasteiger partial charge in [0.25, 0.3) is 5.91 Å². The van der Waals surface area contributed by atoms with E-state index < -0.39 is 5.60 Å². The number of hydrogen-bond donors (Lipinski definition) is 3. The molecule has 1 aromatic heterocycles. The van der Waals surface area contributed by atoms with Crippen molar-refractivity contribution in [2.75, 3.05) is 0 Å². The van der Waals surface area contributed by atoms with Gasteiger partial charge in [-0.3, -0.25) is 9.89 Å². The van der Waals surface area contributed by atoms with E-state index in [-0.39, 0.29) is 11.9 Å². The van der Waals surface area contributed by atoms with Crippen LogP contribution in [0.1, 0.15) is 53.9 Å². The summed E-state index contributed by atoms with van der Waals surface area (Å²) in [6.45, 7) is 3.60. The van der Waals surface area contributed by atoms with Gasteiger partial charge in [-0.2, -0.15) is 5.10 Å². The molecular formula is C19H25N3O2. The van der Waals surface area contributed by atoms with Crippen molar-refractivity contribution in [3.05, 3.63) is 52.8 Å². The van der Waals surface area contributed by atoms with Crippen molar-refractivity contribution < 1.29 is 9.90 Å². The lowest BCUT2D eigenvalue weighted by Crippen LogP contribution is -2.38. The Balaban J connectivity index is 1.61. The average molecular weight is 327 g/mol. The lowest BCUT2D eigenvalue weighted by Gasteiger charge is -2.23. The van der Waals surface area contributed by atoms with E-state index >= 15 is 0 Å². The molecule has 1 aliphatic carbocycles. The van der Waals surface area contributed by atoms with Crippen molar-refractivity contribution in [1.82, 2.24) is 15.5 Å². The maximum atomic E-state index is 12.5. The third-order valence-electron chi connectivity index (χ3n) is 4.57. The normalized spacial score (nSPS) is 17.4. The Kier molecular flexibility index (Phi) is 4.71. The number of H-pyrrole nitrogens is 1. The van der Waals surface area contributed by atoms with Crippen LogP contribution >= 0.6 is 0 Å². The van der Waals surface area contributed by atoms with Crippen LogP contribution in [0.15, 0.2) is 30.5 Å². The van der Waals surface area contributed by atoms with Gasteiger partial charge in [-0.1, -0.05) is 12.1 Å². The van der Waals surface area contributed by atoms with E-state index in [0.29, 0.717) is 12.0 Å². The van der Waals surface area contributed by atoms with Crippen LogP contribution < -0.4 is 5.32 Å². The molecule has 128 valence electrons. The summed E-state index contributed by atoms with van der Waals surface area (Å²) in [6, 6.07) is 7.83. The largest absolute Gasteiger partial charge is 0.390 e. The van der Waals surface area contributed by atoms with Crippen LogP contribution in [0.5, 0.6) is 0 Å². The number of aromatic nitrogens is 2. The summed E-state index contributed by atoms with van der Waals surface area (Å²) >= 11 is 0. The predicted molar refractivity (Wildman–Crippen MR) is 92.9 cm³/mol. The van der Waals surface area contributed by atoms with Gasteiger partial charge in [-0.15, -0.1) is 0 Å². The van der Waals surface area contributed by atoms with Crippen molar-refractivity contribution in [3.63, 3.8) is 0 Å². The molecule has 0 aliphatic heterocycles. The van der Waals surface area contributed by atoms with Crippen molar-refractivity contribution in [3.8, 4) is 0 Å². The third kappa shape index (κ3) is 4.23. The number of rotatable bonds is 5. The molecule has 0 saturated carbocycles. The summed E-state index contributed by atoms with van der Waals surface area (Å²) in [6.07, 6.45) is 5.96. The first-order valence-electron chi connectivity index (χ1n) is 8.54. The molecule has 1 atom stereocenters. The molecule has 1 aliphatic rings. The number of fused-ring (bicyclic) bond motifs is 1. The molecular weight excluding hydrogens is 302 g/mol. The highest BCUT2D eigenvalue weighted by Crippen LogP contribution is 2.19.